The molecule has 0 fully saturated rings. The molecule has 1 heterocycles. The Balaban J connectivity index is 2.03. The smallest absolute Gasteiger partial charge is 0.0431 e. The number of allylic oxidation sites excluding steroid dienone is 1. The highest BCUT2D eigenvalue weighted by molar-refractivity contribution is 4.92. The summed E-state index contributed by atoms with van der Waals surface area (Å²) in [5, 5.41) is 6.77. The van der Waals surface area contributed by atoms with Crippen molar-refractivity contribution in [2.75, 3.05) is 20.1 Å². The summed E-state index contributed by atoms with van der Waals surface area (Å²) in [5.74, 6) is 0. The van der Waals surface area contributed by atoms with Gasteiger partial charge in [-0.05, 0) is 19.3 Å². The Kier molecular flexibility index (Phi) is 5.83. The number of nitrogens with one attached hydrogen (secondary N) is 2. The van der Waals surface area contributed by atoms with Crippen molar-refractivity contribution >= 4 is 0 Å². The fraction of sp³-hybridized carbons (Fsp3) is 0.692. The number of nitrogens with zero attached hydrogens (tertiary/aromatic N) is 1. The third kappa shape index (κ3) is 5.10. The molecule has 0 saturated carbocycles. The van der Waals surface area contributed by atoms with Crippen molar-refractivity contribution in [1.82, 2.24) is 15.5 Å². The van der Waals surface area contributed by atoms with Gasteiger partial charge in [-0.1, -0.05) is 19.9 Å². The fourth-order valence-electron chi connectivity index (χ4n) is 1.95. The zero-order chi connectivity index (χ0) is 11.8. The maximum absolute atomic E-state index is 3.99. The van der Waals surface area contributed by atoms with E-state index >= 15 is 0 Å². The van der Waals surface area contributed by atoms with Crippen molar-refractivity contribution in [3.8, 4) is 0 Å². The van der Waals surface area contributed by atoms with Crippen LogP contribution in [-0.2, 0) is 0 Å². The lowest BCUT2D eigenvalue weighted by molar-refractivity contribution is 0.344. The predicted octanol–water partition coefficient (Wildman–Crippen LogP) is 2.04. The molecule has 0 bridgehead atoms. The van der Waals surface area contributed by atoms with E-state index in [0.29, 0.717) is 6.04 Å². The molecule has 0 saturated heterocycles. The third-order valence-corrected chi connectivity index (χ3v) is 2.83. The first-order valence-corrected chi connectivity index (χ1v) is 6.27. The Morgan fingerprint density at radius 2 is 2.44 bits per heavy atom. The molecule has 3 nitrogen and oxygen atoms in total. The average Bonchev–Trinajstić information content (AvgIpc) is 2.25. The van der Waals surface area contributed by atoms with Gasteiger partial charge in [-0.3, -0.25) is 0 Å². The Labute approximate surface area is 99.6 Å². The van der Waals surface area contributed by atoms with Gasteiger partial charge in [0.05, 0.1) is 0 Å². The minimum absolute atomic E-state index is 0.594. The molecule has 0 aromatic rings. The van der Waals surface area contributed by atoms with E-state index in [1.54, 1.807) is 0 Å². The summed E-state index contributed by atoms with van der Waals surface area (Å²) in [5.41, 5.74) is 1.18. The van der Waals surface area contributed by atoms with E-state index in [0.717, 1.165) is 19.5 Å². The summed E-state index contributed by atoms with van der Waals surface area (Å²) in [4.78, 5) is 2.23. The molecular formula is C13H25N3. The van der Waals surface area contributed by atoms with Gasteiger partial charge in [-0.25, -0.2) is 0 Å². The quantitative estimate of drug-likeness (QED) is 0.647. The number of hydrogen-bond acceptors (Lipinski definition) is 3. The second-order valence-corrected chi connectivity index (χ2v) is 4.54. The van der Waals surface area contributed by atoms with Crippen LogP contribution in [0.15, 0.2) is 24.7 Å². The van der Waals surface area contributed by atoms with Crippen LogP contribution >= 0.6 is 0 Å². The van der Waals surface area contributed by atoms with E-state index in [1.165, 1.54) is 25.0 Å². The summed E-state index contributed by atoms with van der Waals surface area (Å²) in [6.45, 7) is 8.33. The standard InChI is InChI=1S/C13H25N3/c1-4-6-12(2)14-8-5-7-13-11-16(3)10-9-15-13/h9-10,13-15H,2,4-8,11H2,1,3H3. The zero-order valence-corrected chi connectivity index (χ0v) is 10.6. The Morgan fingerprint density at radius 3 is 3.12 bits per heavy atom. The van der Waals surface area contributed by atoms with Crippen LogP contribution < -0.4 is 10.6 Å². The van der Waals surface area contributed by atoms with Gasteiger partial charge >= 0.3 is 0 Å². The van der Waals surface area contributed by atoms with Crippen LogP contribution in [0.3, 0.4) is 0 Å². The number of likely N-dealkylation sites (N-methyl/N-ethyl adjacent to an activating group) is 1. The molecule has 3 heteroatoms. The maximum Gasteiger partial charge on any atom is 0.0431 e. The van der Waals surface area contributed by atoms with E-state index in [1.807, 2.05) is 6.20 Å². The molecule has 0 aromatic carbocycles. The van der Waals surface area contributed by atoms with Crippen molar-refractivity contribution in [3.05, 3.63) is 24.7 Å². The Morgan fingerprint density at radius 1 is 1.62 bits per heavy atom. The van der Waals surface area contributed by atoms with Gasteiger partial charge in [0.1, 0.15) is 0 Å². The molecular weight excluding hydrogens is 198 g/mol. The molecule has 16 heavy (non-hydrogen) atoms. The van der Waals surface area contributed by atoms with Crippen molar-refractivity contribution < 1.29 is 0 Å². The van der Waals surface area contributed by atoms with Crippen molar-refractivity contribution in [3.63, 3.8) is 0 Å². The monoisotopic (exact) mass is 223 g/mol. The van der Waals surface area contributed by atoms with Gasteiger partial charge in [0.25, 0.3) is 0 Å². The summed E-state index contributed by atoms with van der Waals surface area (Å²) < 4.78 is 0. The second-order valence-electron chi connectivity index (χ2n) is 4.54. The topological polar surface area (TPSA) is 27.3 Å². The summed E-state index contributed by atoms with van der Waals surface area (Å²) in [7, 11) is 2.12. The largest absolute Gasteiger partial charge is 0.389 e. The van der Waals surface area contributed by atoms with Crippen LogP contribution in [0.5, 0.6) is 0 Å². The summed E-state index contributed by atoms with van der Waals surface area (Å²) in [6.07, 6.45) is 8.79. The summed E-state index contributed by atoms with van der Waals surface area (Å²) in [6, 6.07) is 0.594. The zero-order valence-electron chi connectivity index (χ0n) is 10.6. The molecule has 92 valence electrons. The van der Waals surface area contributed by atoms with Gasteiger partial charge < -0.3 is 15.5 Å². The first kappa shape index (κ1) is 12.9. The first-order chi connectivity index (χ1) is 7.72. The van der Waals surface area contributed by atoms with Gasteiger partial charge in [0, 0.05) is 44.3 Å². The Hall–Kier alpha value is -1.12. The predicted molar refractivity (Wildman–Crippen MR) is 70.0 cm³/mol. The minimum Gasteiger partial charge on any atom is -0.389 e. The van der Waals surface area contributed by atoms with E-state index in [9.17, 15) is 0 Å². The molecule has 1 aliphatic heterocycles. The number of rotatable bonds is 7. The lowest BCUT2D eigenvalue weighted by Gasteiger charge is -2.27. The second kappa shape index (κ2) is 7.20. The fourth-order valence-corrected chi connectivity index (χ4v) is 1.95. The normalized spacial score (nSPS) is 19.4. The third-order valence-electron chi connectivity index (χ3n) is 2.83. The minimum atomic E-state index is 0.594. The van der Waals surface area contributed by atoms with E-state index in [-0.39, 0.29) is 0 Å². The highest BCUT2D eigenvalue weighted by atomic mass is 15.1. The van der Waals surface area contributed by atoms with E-state index in [2.05, 4.69) is 42.3 Å². The molecule has 2 N–H and O–H groups in total. The van der Waals surface area contributed by atoms with Gasteiger partial charge in [-0.15, -0.1) is 0 Å². The first-order valence-electron chi connectivity index (χ1n) is 6.27. The number of hydrogen-bond donors (Lipinski definition) is 2. The van der Waals surface area contributed by atoms with Crippen molar-refractivity contribution in [1.29, 1.82) is 0 Å². The van der Waals surface area contributed by atoms with Crippen LogP contribution in [-0.4, -0.2) is 31.1 Å². The van der Waals surface area contributed by atoms with Crippen LogP contribution in [0.2, 0.25) is 0 Å². The molecule has 1 atom stereocenters. The highest BCUT2D eigenvalue weighted by Crippen LogP contribution is 2.04. The lowest BCUT2D eigenvalue weighted by Crippen LogP contribution is -2.39. The van der Waals surface area contributed by atoms with Gasteiger partial charge in [0.15, 0.2) is 0 Å². The molecule has 1 rings (SSSR count). The SMILES string of the molecule is C=C(CCC)NCCCC1CN(C)C=CN1. The Bertz CT molecular complexity index is 235. The molecule has 0 spiro atoms. The van der Waals surface area contributed by atoms with Crippen LogP contribution in [0.4, 0.5) is 0 Å². The van der Waals surface area contributed by atoms with Gasteiger partial charge in [-0.2, -0.15) is 0 Å². The van der Waals surface area contributed by atoms with E-state index in [4.69, 9.17) is 0 Å². The van der Waals surface area contributed by atoms with Crippen LogP contribution in [0, 0.1) is 0 Å². The highest BCUT2D eigenvalue weighted by Gasteiger charge is 2.10. The van der Waals surface area contributed by atoms with Crippen molar-refractivity contribution in [2.45, 2.75) is 38.6 Å². The molecule has 0 aliphatic carbocycles. The van der Waals surface area contributed by atoms with Gasteiger partial charge in [0.2, 0.25) is 0 Å². The van der Waals surface area contributed by atoms with Crippen LogP contribution in [0.1, 0.15) is 32.6 Å². The molecule has 1 unspecified atom stereocenters. The lowest BCUT2D eigenvalue weighted by atomic mass is 10.1. The summed E-state index contributed by atoms with van der Waals surface area (Å²) >= 11 is 0. The molecule has 0 aromatic heterocycles. The molecule has 0 radical (unpaired) electrons. The molecule has 0 amide bonds. The van der Waals surface area contributed by atoms with Crippen molar-refractivity contribution in [2.24, 2.45) is 0 Å². The average molecular weight is 223 g/mol. The maximum atomic E-state index is 3.99. The van der Waals surface area contributed by atoms with Crippen LogP contribution in [0.25, 0.3) is 0 Å². The molecule has 1 aliphatic rings. The van der Waals surface area contributed by atoms with E-state index < -0.39 is 0 Å².